The van der Waals surface area contributed by atoms with Gasteiger partial charge in [-0.1, -0.05) is 0 Å². The van der Waals surface area contributed by atoms with Crippen molar-refractivity contribution in [2.24, 2.45) is 11.3 Å². The van der Waals surface area contributed by atoms with Crippen LogP contribution in [0.4, 0.5) is 16.2 Å². The first-order chi connectivity index (χ1) is 15.9. The van der Waals surface area contributed by atoms with Crippen LogP contribution < -0.4 is 10.2 Å². The lowest BCUT2D eigenvalue weighted by Gasteiger charge is -2.55. The summed E-state index contributed by atoms with van der Waals surface area (Å²) in [6.45, 7) is 7.35. The maximum atomic E-state index is 14.0. The molecule has 0 aliphatic carbocycles. The van der Waals surface area contributed by atoms with Gasteiger partial charge in [0.15, 0.2) is 5.41 Å². The number of benzene rings is 1. The van der Waals surface area contributed by atoms with Gasteiger partial charge in [0.1, 0.15) is 0 Å². The van der Waals surface area contributed by atoms with Crippen LogP contribution in [0.15, 0.2) is 18.2 Å². The van der Waals surface area contributed by atoms with Gasteiger partial charge in [0, 0.05) is 36.3 Å². The Balaban J connectivity index is 1.88. The number of anilines is 1. The maximum Gasteiger partial charge on any atom is 0.331 e. The summed E-state index contributed by atoms with van der Waals surface area (Å²) in [6, 6.07) is 2.86. The zero-order valence-electron chi connectivity index (χ0n) is 19.6. The predicted octanol–water partition coefficient (Wildman–Crippen LogP) is 2.16. The number of imide groups is 2. The Kier molecular flexibility index (Phi) is 5.61. The van der Waals surface area contributed by atoms with Crippen LogP contribution >= 0.6 is 0 Å². The average Bonchev–Trinajstić information content (AvgIpc) is 2.75. The quantitative estimate of drug-likeness (QED) is 0.306. The molecule has 2 fully saturated rings. The Bertz CT molecular complexity index is 1100. The third-order valence-electron chi connectivity index (χ3n) is 6.93. The number of rotatable bonds is 3. The summed E-state index contributed by atoms with van der Waals surface area (Å²) in [4.78, 5) is 66.6. The largest absolute Gasteiger partial charge is 0.466 e. The van der Waals surface area contributed by atoms with Crippen LogP contribution in [-0.4, -0.2) is 58.4 Å². The fourth-order valence-corrected chi connectivity index (χ4v) is 5.43. The number of barbiturate groups is 1. The minimum atomic E-state index is -1.73. The van der Waals surface area contributed by atoms with E-state index in [4.69, 9.17) is 4.74 Å². The van der Waals surface area contributed by atoms with Crippen molar-refractivity contribution in [3.8, 4) is 0 Å². The van der Waals surface area contributed by atoms with E-state index in [-0.39, 0.29) is 31.1 Å². The standard InChI is InChI=1S/C23H28N4O7/c1-5-34-18(28)13-8-9-25-16-7-6-15(27(32)33)10-14(16)12-23(17(25)11-13)19(29)24-21(31)26(20(23)30)22(2,3)4/h6-7,10,13,17H,5,8-9,11-12H2,1-4H3,(H,24,29,31)/t13-,17+,23+/m1/s1. The van der Waals surface area contributed by atoms with Gasteiger partial charge in [0.2, 0.25) is 11.8 Å². The molecule has 1 N–H and O–H groups in total. The number of carbonyl (C=O) groups is 4. The topological polar surface area (TPSA) is 139 Å². The predicted molar refractivity (Wildman–Crippen MR) is 120 cm³/mol. The normalized spacial score (nSPS) is 26.6. The molecule has 0 saturated carbocycles. The van der Waals surface area contributed by atoms with E-state index < -0.39 is 45.7 Å². The second-order valence-corrected chi connectivity index (χ2v) is 9.97. The van der Waals surface area contributed by atoms with Crippen molar-refractivity contribution in [1.82, 2.24) is 10.2 Å². The van der Waals surface area contributed by atoms with Gasteiger partial charge in [-0.15, -0.1) is 0 Å². The van der Waals surface area contributed by atoms with Crippen molar-refractivity contribution in [3.63, 3.8) is 0 Å². The highest BCUT2D eigenvalue weighted by molar-refractivity contribution is 6.20. The molecular weight excluding hydrogens is 444 g/mol. The molecule has 0 unspecified atom stereocenters. The molecule has 2 saturated heterocycles. The molecule has 0 radical (unpaired) electrons. The summed E-state index contributed by atoms with van der Waals surface area (Å²) in [5.74, 6) is -2.32. The van der Waals surface area contributed by atoms with E-state index in [9.17, 15) is 29.3 Å². The summed E-state index contributed by atoms with van der Waals surface area (Å²) >= 11 is 0. The molecule has 0 aromatic heterocycles. The number of hydrogen-bond donors (Lipinski definition) is 1. The number of urea groups is 1. The number of nitro benzene ring substituents is 1. The summed E-state index contributed by atoms with van der Waals surface area (Å²) < 4.78 is 5.21. The molecule has 1 aromatic rings. The van der Waals surface area contributed by atoms with Crippen molar-refractivity contribution in [2.75, 3.05) is 18.1 Å². The summed E-state index contributed by atoms with van der Waals surface area (Å²) in [7, 11) is 0. The Labute approximate surface area is 196 Å². The van der Waals surface area contributed by atoms with Gasteiger partial charge < -0.3 is 9.64 Å². The first-order valence-electron chi connectivity index (χ1n) is 11.3. The number of piperidine rings is 1. The first kappa shape index (κ1) is 23.7. The fraction of sp³-hybridized carbons (Fsp3) is 0.565. The van der Waals surface area contributed by atoms with Gasteiger partial charge in [-0.3, -0.25) is 34.7 Å². The van der Waals surface area contributed by atoms with Crippen molar-refractivity contribution in [2.45, 2.75) is 58.5 Å². The number of fused-ring (bicyclic) bond motifs is 4. The molecule has 3 atom stereocenters. The Morgan fingerprint density at radius 3 is 2.62 bits per heavy atom. The minimum Gasteiger partial charge on any atom is -0.466 e. The zero-order chi connectivity index (χ0) is 25.0. The van der Waals surface area contributed by atoms with Crippen LogP contribution in [0.5, 0.6) is 0 Å². The molecule has 0 bridgehead atoms. The summed E-state index contributed by atoms with van der Waals surface area (Å²) in [5.41, 5.74) is -1.64. The number of nitrogens with zero attached hydrogens (tertiary/aromatic N) is 3. The number of esters is 1. The average molecular weight is 472 g/mol. The van der Waals surface area contributed by atoms with Crippen LogP contribution in [0.3, 0.4) is 0 Å². The van der Waals surface area contributed by atoms with Gasteiger partial charge in [-0.2, -0.15) is 0 Å². The van der Waals surface area contributed by atoms with Crippen molar-refractivity contribution in [3.05, 3.63) is 33.9 Å². The maximum absolute atomic E-state index is 14.0. The molecule has 11 heteroatoms. The van der Waals surface area contributed by atoms with E-state index in [1.807, 2.05) is 4.90 Å². The minimum absolute atomic E-state index is 0.120. The van der Waals surface area contributed by atoms with Crippen LogP contribution in [0.25, 0.3) is 0 Å². The molecule has 3 heterocycles. The molecule has 34 heavy (non-hydrogen) atoms. The number of nitrogens with one attached hydrogen (secondary N) is 1. The van der Waals surface area contributed by atoms with E-state index in [0.717, 1.165) is 4.90 Å². The monoisotopic (exact) mass is 472 g/mol. The number of nitro groups is 1. The molecule has 4 rings (SSSR count). The van der Waals surface area contributed by atoms with E-state index in [1.54, 1.807) is 33.8 Å². The second kappa shape index (κ2) is 8.07. The molecule has 4 amide bonds. The van der Waals surface area contributed by atoms with Crippen LogP contribution in [0.2, 0.25) is 0 Å². The van der Waals surface area contributed by atoms with Gasteiger partial charge >= 0.3 is 12.0 Å². The summed E-state index contributed by atoms with van der Waals surface area (Å²) in [5, 5.41) is 13.8. The van der Waals surface area contributed by atoms with Crippen LogP contribution in [-0.2, 0) is 25.5 Å². The van der Waals surface area contributed by atoms with Crippen molar-refractivity contribution < 1.29 is 28.8 Å². The smallest absolute Gasteiger partial charge is 0.331 e. The number of hydrogen-bond acceptors (Lipinski definition) is 8. The SMILES string of the molecule is CCOC(=O)[C@@H]1CCN2c3ccc([N+](=O)[O-])cc3C[C@@]3(C(=O)NC(=O)N(C(C)(C)C)C3=O)[C@@H]2C1. The molecule has 3 aliphatic heterocycles. The van der Waals surface area contributed by atoms with E-state index in [0.29, 0.717) is 24.2 Å². The van der Waals surface area contributed by atoms with Crippen molar-refractivity contribution in [1.29, 1.82) is 0 Å². The highest BCUT2D eigenvalue weighted by Crippen LogP contribution is 2.50. The third-order valence-corrected chi connectivity index (χ3v) is 6.93. The van der Waals surface area contributed by atoms with Gasteiger partial charge in [-0.05, 0) is 52.2 Å². The molecular formula is C23H28N4O7. The van der Waals surface area contributed by atoms with Crippen molar-refractivity contribution >= 4 is 35.2 Å². The van der Waals surface area contributed by atoms with E-state index in [2.05, 4.69) is 5.32 Å². The van der Waals surface area contributed by atoms with E-state index >= 15 is 0 Å². The third kappa shape index (κ3) is 3.50. The zero-order valence-corrected chi connectivity index (χ0v) is 19.6. The lowest BCUT2D eigenvalue weighted by atomic mass is 9.64. The van der Waals surface area contributed by atoms with Gasteiger partial charge in [0.05, 0.1) is 23.5 Å². The highest BCUT2D eigenvalue weighted by Gasteiger charge is 2.64. The summed E-state index contributed by atoms with van der Waals surface area (Å²) in [6.07, 6.45) is 0.505. The van der Waals surface area contributed by atoms with Gasteiger partial charge in [0.25, 0.3) is 5.69 Å². The first-order valence-corrected chi connectivity index (χ1v) is 11.3. The molecule has 1 aromatic carbocycles. The Hall–Kier alpha value is -3.50. The van der Waals surface area contributed by atoms with Crippen LogP contribution in [0, 0.1) is 21.4 Å². The Morgan fingerprint density at radius 1 is 1.29 bits per heavy atom. The van der Waals surface area contributed by atoms with E-state index in [1.165, 1.54) is 12.1 Å². The lowest BCUT2D eigenvalue weighted by molar-refractivity contribution is -0.384. The number of carbonyl (C=O) groups excluding carboxylic acids is 4. The number of non-ortho nitro benzene ring substituents is 1. The lowest BCUT2D eigenvalue weighted by Crippen LogP contribution is -2.75. The second-order valence-electron chi connectivity index (χ2n) is 9.97. The van der Waals surface area contributed by atoms with Crippen LogP contribution in [0.1, 0.15) is 46.1 Å². The molecule has 3 aliphatic rings. The Morgan fingerprint density at radius 2 is 2.00 bits per heavy atom. The molecule has 182 valence electrons. The molecule has 11 nitrogen and oxygen atoms in total. The number of amides is 4. The fourth-order valence-electron chi connectivity index (χ4n) is 5.43. The molecule has 1 spiro atoms. The number of ether oxygens (including phenoxy) is 1. The highest BCUT2D eigenvalue weighted by atomic mass is 16.6. The van der Waals surface area contributed by atoms with Gasteiger partial charge in [-0.25, -0.2) is 4.79 Å².